The van der Waals surface area contributed by atoms with E-state index in [1.165, 1.54) is 31.2 Å². The van der Waals surface area contributed by atoms with Crippen molar-refractivity contribution in [3.63, 3.8) is 0 Å². The van der Waals surface area contributed by atoms with Gasteiger partial charge in [-0.1, -0.05) is 12.1 Å². The molecule has 0 aliphatic rings. The van der Waals surface area contributed by atoms with E-state index in [0.29, 0.717) is 5.56 Å². The zero-order chi connectivity index (χ0) is 38.3. The number of primary amides is 1. The van der Waals surface area contributed by atoms with Gasteiger partial charge in [0.25, 0.3) is 0 Å². The lowest BCUT2D eigenvalue weighted by molar-refractivity contribution is -0.148. The molecule has 1 aromatic rings. The Morgan fingerprint density at radius 3 is 1.66 bits per heavy atom. The van der Waals surface area contributed by atoms with Crippen molar-refractivity contribution in [1.82, 2.24) is 26.6 Å². The summed E-state index contributed by atoms with van der Waals surface area (Å²) in [4.78, 5) is 99.6. The van der Waals surface area contributed by atoms with Crippen molar-refractivity contribution in [2.45, 2.75) is 88.0 Å². The molecule has 0 heterocycles. The molecule has 0 bridgehead atoms. The van der Waals surface area contributed by atoms with Crippen molar-refractivity contribution in [2.75, 3.05) is 6.61 Å². The van der Waals surface area contributed by atoms with Crippen LogP contribution >= 0.6 is 0 Å². The van der Waals surface area contributed by atoms with Crippen LogP contribution in [0.2, 0.25) is 0 Å². The number of rotatable bonds is 21. The van der Waals surface area contributed by atoms with Gasteiger partial charge < -0.3 is 68.7 Å². The highest BCUT2D eigenvalue weighted by Gasteiger charge is 2.35. The lowest BCUT2D eigenvalue weighted by Crippen LogP contribution is -2.61. The number of aromatic hydroxyl groups is 1. The van der Waals surface area contributed by atoms with Crippen molar-refractivity contribution in [3.8, 4) is 5.75 Å². The summed E-state index contributed by atoms with van der Waals surface area (Å²) in [5, 5.41) is 67.8. The molecule has 1 aromatic carbocycles. The summed E-state index contributed by atoms with van der Waals surface area (Å²) in [5.41, 5.74) is 11.2. The predicted molar refractivity (Wildman–Crippen MR) is 168 cm³/mol. The number of phenols is 1. The number of carboxylic acids is 2. The SMILES string of the molecule is C[C@@H](O)[C@H](N)C(=O)N[C@@H](CCO)C(=O)N[C@@H](CC(N)=O)C(=O)N[C@@H](Cc1ccc(O)cc1)C(=O)N[C@H](C(=O)N[C@@H](CC(=O)O)C(=O)O)[C@@H](C)O. The summed E-state index contributed by atoms with van der Waals surface area (Å²) >= 11 is 0. The Morgan fingerprint density at radius 1 is 0.680 bits per heavy atom. The third kappa shape index (κ3) is 14.4. The third-order valence-corrected chi connectivity index (χ3v) is 6.98. The fourth-order valence-corrected chi connectivity index (χ4v) is 4.21. The minimum atomic E-state index is -1.94. The quantitative estimate of drug-likeness (QED) is 0.0564. The number of carbonyl (C=O) groups is 8. The van der Waals surface area contributed by atoms with E-state index in [4.69, 9.17) is 16.6 Å². The van der Waals surface area contributed by atoms with Crippen LogP contribution in [-0.4, -0.2) is 133 Å². The van der Waals surface area contributed by atoms with Gasteiger partial charge in [-0.3, -0.25) is 33.6 Å². The third-order valence-electron chi connectivity index (χ3n) is 6.98. The average molecular weight is 714 g/mol. The molecule has 6 amide bonds. The van der Waals surface area contributed by atoms with Crippen molar-refractivity contribution < 1.29 is 69.0 Å². The molecule has 21 nitrogen and oxygen atoms in total. The lowest BCUT2D eigenvalue weighted by Gasteiger charge is -2.27. The van der Waals surface area contributed by atoms with Crippen molar-refractivity contribution >= 4 is 47.4 Å². The first-order valence-electron chi connectivity index (χ1n) is 15.0. The maximum atomic E-state index is 13.5. The minimum absolute atomic E-state index is 0.151. The number of aliphatic hydroxyl groups excluding tert-OH is 3. The van der Waals surface area contributed by atoms with E-state index in [1.807, 2.05) is 5.32 Å². The number of carbonyl (C=O) groups excluding carboxylic acids is 6. The van der Waals surface area contributed by atoms with Gasteiger partial charge in [-0.15, -0.1) is 0 Å². The van der Waals surface area contributed by atoms with Crippen LogP contribution in [0.25, 0.3) is 0 Å². The number of hydrogen-bond acceptors (Lipinski definition) is 13. The van der Waals surface area contributed by atoms with Crippen LogP contribution in [0.1, 0.15) is 38.7 Å². The molecule has 278 valence electrons. The molecule has 0 aromatic heterocycles. The molecule has 0 spiro atoms. The smallest absolute Gasteiger partial charge is 0.326 e. The van der Waals surface area contributed by atoms with Crippen LogP contribution in [0.5, 0.6) is 5.75 Å². The predicted octanol–water partition coefficient (Wildman–Crippen LogP) is -5.74. The van der Waals surface area contributed by atoms with Gasteiger partial charge in [-0.05, 0) is 38.0 Å². The van der Waals surface area contributed by atoms with Crippen LogP contribution < -0.4 is 38.1 Å². The Bertz CT molecular complexity index is 1390. The van der Waals surface area contributed by atoms with Crippen LogP contribution in [0.3, 0.4) is 0 Å². The largest absolute Gasteiger partial charge is 0.508 e. The second-order valence-corrected chi connectivity index (χ2v) is 11.2. The Labute approximate surface area is 284 Å². The molecule has 1 rings (SSSR count). The lowest BCUT2D eigenvalue weighted by atomic mass is 10.0. The second-order valence-electron chi connectivity index (χ2n) is 11.2. The first-order valence-corrected chi connectivity index (χ1v) is 15.0. The number of nitrogens with one attached hydrogen (secondary N) is 5. The molecule has 0 unspecified atom stereocenters. The van der Waals surface area contributed by atoms with E-state index in [-0.39, 0.29) is 18.6 Å². The highest BCUT2D eigenvalue weighted by Crippen LogP contribution is 2.12. The van der Waals surface area contributed by atoms with Crippen molar-refractivity contribution in [1.29, 1.82) is 0 Å². The van der Waals surface area contributed by atoms with E-state index in [1.54, 1.807) is 0 Å². The standard InChI is InChI=1S/C29H43N7O14/c1-12(38)22(31)27(47)32-16(7-8-37)24(44)34-18(10-20(30)41)25(45)33-17(9-14-3-5-15(40)6-4-14)26(46)36-23(13(2)39)28(48)35-19(29(49)50)11-21(42)43/h3-6,12-13,16-19,22-23,37-40H,7-11,31H2,1-2H3,(H2,30,41)(H,32,47)(H,33,45)(H,34,44)(H,35,48)(H,36,46)(H,42,43)(H,49,50)/t12-,13-,16+,17+,18+,19+,22+,23+/m1/s1. The molecule has 0 saturated carbocycles. The molecule has 0 aliphatic heterocycles. The number of benzene rings is 1. The number of hydrogen-bond donors (Lipinski definition) is 13. The Hall–Kier alpha value is -5.38. The molecule has 0 fully saturated rings. The Kier molecular flexibility index (Phi) is 17.2. The maximum absolute atomic E-state index is 13.5. The summed E-state index contributed by atoms with van der Waals surface area (Å²) in [6.45, 7) is 1.63. The van der Waals surface area contributed by atoms with Crippen LogP contribution in [0.15, 0.2) is 24.3 Å². The average Bonchev–Trinajstić information content (AvgIpc) is 3.01. The Balaban J connectivity index is 3.37. The molecule has 8 atom stereocenters. The maximum Gasteiger partial charge on any atom is 0.326 e. The zero-order valence-electron chi connectivity index (χ0n) is 27.1. The van der Waals surface area contributed by atoms with E-state index in [2.05, 4.69) is 21.3 Å². The topological polar surface area (TPSA) is 370 Å². The van der Waals surface area contributed by atoms with Gasteiger partial charge in [0, 0.05) is 13.0 Å². The number of aliphatic hydroxyl groups is 3. The monoisotopic (exact) mass is 713 g/mol. The van der Waals surface area contributed by atoms with E-state index >= 15 is 0 Å². The number of phenolic OH excluding ortho intramolecular Hbond substituents is 1. The minimum Gasteiger partial charge on any atom is -0.508 e. The summed E-state index contributed by atoms with van der Waals surface area (Å²) in [6.07, 6.45) is -5.63. The first kappa shape index (κ1) is 42.6. The second kappa shape index (κ2) is 20.2. The van der Waals surface area contributed by atoms with Gasteiger partial charge in [-0.25, -0.2) is 4.79 Å². The molecule has 0 saturated heterocycles. The number of aliphatic carboxylic acids is 2. The molecule has 0 radical (unpaired) electrons. The molecule has 21 heteroatoms. The van der Waals surface area contributed by atoms with E-state index < -0.39 is 115 Å². The van der Waals surface area contributed by atoms with Crippen LogP contribution in [0, 0.1) is 0 Å². The van der Waals surface area contributed by atoms with Gasteiger partial charge in [0.2, 0.25) is 35.4 Å². The highest BCUT2D eigenvalue weighted by molar-refractivity contribution is 5.98. The van der Waals surface area contributed by atoms with Crippen molar-refractivity contribution in [2.24, 2.45) is 11.5 Å². The van der Waals surface area contributed by atoms with Crippen LogP contribution in [0.4, 0.5) is 0 Å². The molecular weight excluding hydrogens is 670 g/mol. The summed E-state index contributed by atoms with van der Waals surface area (Å²) in [6, 6.07) is -5.00. The molecular formula is C29H43N7O14. The molecule has 50 heavy (non-hydrogen) atoms. The zero-order valence-corrected chi connectivity index (χ0v) is 27.1. The van der Waals surface area contributed by atoms with Gasteiger partial charge >= 0.3 is 11.9 Å². The van der Waals surface area contributed by atoms with E-state index in [0.717, 1.165) is 6.92 Å². The van der Waals surface area contributed by atoms with Gasteiger partial charge in [0.05, 0.1) is 25.0 Å². The number of amides is 6. The molecule has 0 aliphatic carbocycles. The van der Waals surface area contributed by atoms with Gasteiger partial charge in [0.15, 0.2) is 0 Å². The highest BCUT2D eigenvalue weighted by atomic mass is 16.4. The summed E-state index contributed by atoms with van der Waals surface area (Å²) in [5.74, 6) is -10.2. The van der Waals surface area contributed by atoms with Gasteiger partial charge in [0.1, 0.15) is 42.0 Å². The van der Waals surface area contributed by atoms with Gasteiger partial charge in [-0.2, -0.15) is 0 Å². The Morgan fingerprint density at radius 2 is 1.18 bits per heavy atom. The fraction of sp³-hybridized carbons (Fsp3) is 0.517. The van der Waals surface area contributed by atoms with Crippen LogP contribution in [-0.2, 0) is 44.8 Å². The fourth-order valence-electron chi connectivity index (χ4n) is 4.21. The molecule has 15 N–H and O–H groups in total. The first-order chi connectivity index (χ1) is 23.3. The number of carboxylic acid groups (broad SMARTS) is 2. The summed E-state index contributed by atoms with van der Waals surface area (Å²) < 4.78 is 0. The summed E-state index contributed by atoms with van der Waals surface area (Å²) in [7, 11) is 0. The normalized spacial score (nSPS) is 15.7. The van der Waals surface area contributed by atoms with E-state index in [9.17, 15) is 63.9 Å². The number of nitrogens with two attached hydrogens (primary N) is 2. The van der Waals surface area contributed by atoms with Crippen molar-refractivity contribution in [3.05, 3.63) is 29.8 Å².